The summed E-state index contributed by atoms with van der Waals surface area (Å²) >= 11 is 0. The highest BCUT2D eigenvalue weighted by atomic mass is 16.5. The topological polar surface area (TPSA) is 92.0 Å². The Hall–Kier alpha value is -3.01. The minimum Gasteiger partial charge on any atom is -0.479 e. The number of amides is 2. The molecule has 2 rings (SSSR count). The standard InChI is InChI=1S/C18H23N5O2/c1-13(12-23-15(3)9-14(2)22-23)11-20-18(24)21-16-5-4-6-17(10-16)25-8-7-19/h4-6,9-10,13H,8,11-12H2,1-3H3,(H2,20,21,24). The first-order valence-electron chi connectivity index (χ1n) is 8.13. The van der Waals surface area contributed by atoms with Gasteiger partial charge in [0.15, 0.2) is 6.61 Å². The number of urea groups is 1. The number of ether oxygens (including phenoxy) is 1. The average Bonchev–Trinajstić information content (AvgIpc) is 2.88. The maximum absolute atomic E-state index is 12.0. The Kier molecular flexibility index (Phi) is 6.40. The fraction of sp³-hybridized carbons (Fsp3) is 0.389. The molecule has 1 atom stereocenters. The lowest BCUT2D eigenvalue weighted by Gasteiger charge is -2.14. The maximum Gasteiger partial charge on any atom is 0.319 e. The highest BCUT2D eigenvalue weighted by Gasteiger charge is 2.09. The van der Waals surface area contributed by atoms with Crippen LogP contribution >= 0.6 is 0 Å². The number of nitrogens with zero attached hydrogens (tertiary/aromatic N) is 3. The molecule has 2 aromatic rings. The zero-order valence-electron chi connectivity index (χ0n) is 14.7. The van der Waals surface area contributed by atoms with Crippen LogP contribution in [0.15, 0.2) is 30.3 Å². The number of hydrogen-bond acceptors (Lipinski definition) is 4. The number of aryl methyl sites for hydroxylation is 2. The van der Waals surface area contributed by atoms with Crippen molar-refractivity contribution in [3.63, 3.8) is 0 Å². The minimum atomic E-state index is -0.280. The van der Waals surface area contributed by atoms with Crippen LogP contribution in [0, 0.1) is 31.1 Å². The fourth-order valence-electron chi connectivity index (χ4n) is 2.44. The molecule has 1 aromatic heterocycles. The van der Waals surface area contributed by atoms with Gasteiger partial charge in [0.1, 0.15) is 11.8 Å². The number of anilines is 1. The SMILES string of the molecule is Cc1cc(C)n(CC(C)CNC(=O)Nc2cccc(OCC#N)c2)n1. The highest BCUT2D eigenvalue weighted by molar-refractivity contribution is 5.89. The van der Waals surface area contributed by atoms with E-state index in [-0.39, 0.29) is 18.6 Å². The Morgan fingerprint density at radius 1 is 1.40 bits per heavy atom. The molecule has 0 aliphatic heterocycles. The lowest BCUT2D eigenvalue weighted by atomic mass is 10.2. The van der Waals surface area contributed by atoms with Gasteiger partial charge in [-0.2, -0.15) is 10.4 Å². The van der Waals surface area contributed by atoms with Gasteiger partial charge in [0, 0.05) is 30.5 Å². The Morgan fingerprint density at radius 3 is 2.88 bits per heavy atom. The van der Waals surface area contributed by atoms with Crippen LogP contribution < -0.4 is 15.4 Å². The fourth-order valence-corrected chi connectivity index (χ4v) is 2.44. The van der Waals surface area contributed by atoms with Crippen LogP contribution in [0.1, 0.15) is 18.3 Å². The number of aromatic nitrogens is 2. The van der Waals surface area contributed by atoms with Crippen LogP contribution in [0.25, 0.3) is 0 Å². The highest BCUT2D eigenvalue weighted by Crippen LogP contribution is 2.17. The van der Waals surface area contributed by atoms with E-state index < -0.39 is 0 Å². The largest absolute Gasteiger partial charge is 0.479 e. The zero-order valence-corrected chi connectivity index (χ0v) is 14.7. The van der Waals surface area contributed by atoms with Crippen molar-refractivity contribution in [2.45, 2.75) is 27.3 Å². The molecule has 0 fully saturated rings. The summed E-state index contributed by atoms with van der Waals surface area (Å²) in [7, 11) is 0. The van der Waals surface area contributed by atoms with E-state index in [0.717, 1.165) is 17.9 Å². The summed E-state index contributed by atoms with van der Waals surface area (Å²) in [4.78, 5) is 12.0. The van der Waals surface area contributed by atoms with E-state index in [1.165, 1.54) is 0 Å². The summed E-state index contributed by atoms with van der Waals surface area (Å²) in [5.74, 6) is 0.784. The molecule has 0 saturated heterocycles. The predicted octanol–water partition coefficient (Wildman–Crippen LogP) is 2.86. The Labute approximate surface area is 147 Å². The Balaban J connectivity index is 1.80. The summed E-state index contributed by atoms with van der Waals surface area (Å²) in [5.41, 5.74) is 2.72. The van der Waals surface area contributed by atoms with E-state index in [2.05, 4.69) is 22.7 Å². The number of carbonyl (C=O) groups is 1. The monoisotopic (exact) mass is 341 g/mol. The van der Waals surface area contributed by atoms with Gasteiger partial charge < -0.3 is 15.4 Å². The van der Waals surface area contributed by atoms with E-state index in [1.54, 1.807) is 24.3 Å². The zero-order chi connectivity index (χ0) is 18.2. The Morgan fingerprint density at radius 2 is 2.20 bits per heavy atom. The molecule has 25 heavy (non-hydrogen) atoms. The Bertz CT molecular complexity index is 763. The van der Waals surface area contributed by atoms with E-state index >= 15 is 0 Å². The number of rotatable bonds is 7. The molecule has 0 saturated carbocycles. The molecule has 0 radical (unpaired) electrons. The van der Waals surface area contributed by atoms with E-state index in [4.69, 9.17) is 10.00 Å². The van der Waals surface area contributed by atoms with Crippen LogP contribution in [-0.4, -0.2) is 29.0 Å². The quantitative estimate of drug-likeness (QED) is 0.810. The molecule has 0 aliphatic rings. The molecule has 7 nitrogen and oxygen atoms in total. The van der Waals surface area contributed by atoms with Gasteiger partial charge in [-0.15, -0.1) is 0 Å². The third-order valence-corrected chi connectivity index (χ3v) is 3.59. The molecule has 0 aliphatic carbocycles. The molecule has 1 aromatic carbocycles. The van der Waals surface area contributed by atoms with Crippen LogP contribution in [0.5, 0.6) is 5.75 Å². The molecular weight excluding hydrogens is 318 g/mol. The van der Waals surface area contributed by atoms with Gasteiger partial charge >= 0.3 is 6.03 Å². The van der Waals surface area contributed by atoms with Crippen molar-refractivity contribution in [1.82, 2.24) is 15.1 Å². The molecule has 2 amide bonds. The van der Waals surface area contributed by atoms with Crippen LogP contribution in [0.2, 0.25) is 0 Å². The van der Waals surface area contributed by atoms with E-state index in [1.807, 2.05) is 30.7 Å². The smallest absolute Gasteiger partial charge is 0.319 e. The van der Waals surface area contributed by atoms with Crippen LogP contribution in [0.3, 0.4) is 0 Å². The molecular formula is C18H23N5O2. The van der Waals surface area contributed by atoms with Crippen LogP contribution in [-0.2, 0) is 6.54 Å². The summed E-state index contributed by atoms with van der Waals surface area (Å²) in [5, 5.41) is 18.6. The second-order valence-corrected chi connectivity index (χ2v) is 6.02. The van der Waals surface area contributed by atoms with Gasteiger partial charge in [-0.05, 0) is 38.0 Å². The summed E-state index contributed by atoms with van der Waals surface area (Å²) in [6.45, 7) is 7.31. The first-order valence-corrected chi connectivity index (χ1v) is 8.13. The average molecular weight is 341 g/mol. The number of hydrogen-bond donors (Lipinski definition) is 2. The summed E-state index contributed by atoms with van der Waals surface area (Å²) < 4.78 is 7.17. The normalized spacial score (nSPS) is 11.4. The number of benzene rings is 1. The molecule has 132 valence electrons. The number of nitrogens with one attached hydrogen (secondary N) is 2. The van der Waals surface area contributed by atoms with E-state index in [0.29, 0.717) is 18.0 Å². The molecule has 0 bridgehead atoms. The van der Waals surface area contributed by atoms with Gasteiger partial charge in [0.25, 0.3) is 0 Å². The second-order valence-electron chi connectivity index (χ2n) is 6.02. The number of carbonyl (C=O) groups excluding carboxylic acids is 1. The van der Waals surface area contributed by atoms with Crippen LogP contribution in [0.4, 0.5) is 10.5 Å². The van der Waals surface area contributed by atoms with Crippen molar-refractivity contribution < 1.29 is 9.53 Å². The summed E-state index contributed by atoms with van der Waals surface area (Å²) in [6, 6.07) is 10.6. The van der Waals surface area contributed by atoms with Crippen molar-refractivity contribution >= 4 is 11.7 Å². The first-order chi connectivity index (χ1) is 12.0. The van der Waals surface area contributed by atoms with Gasteiger partial charge in [0.2, 0.25) is 0 Å². The summed E-state index contributed by atoms with van der Waals surface area (Å²) in [6.07, 6.45) is 0. The third kappa shape index (κ3) is 5.84. The van der Waals surface area contributed by atoms with Crippen molar-refractivity contribution in [3.05, 3.63) is 41.7 Å². The predicted molar refractivity (Wildman–Crippen MR) is 95.4 cm³/mol. The maximum atomic E-state index is 12.0. The molecule has 0 spiro atoms. The van der Waals surface area contributed by atoms with Crippen molar-refractivity contribution in [1.29, 1.82) is 5.26 Å². The van der Waals surface area contributed by atoms with Gasteiger partial charge in [-0.1, -0.05) is 13.0 Å². The van der Waals surface area contributed by atoms with E-state index in [9.17, 15) is 4.79 Å². The number of nitriles is 1. The first kappa shape index (κ1) is 18.3. The second kappa shape index (κ2) is 8.73. The van der Waals surface area contributed by atoms with Crippen molar-refractivity contribution in [2.75, 3.05) is 18.5 Å². The molecule has 1 unspecified atom stereocenters. The van der Waals surface area contributed by atoms with Gasteiger partial charge in [-0.3, -0.25) is 4.68 Å². The minimum absolute atomic E-state index is 0.0283. The van der Waals surface area contributed by atoms with Crippen molar-refractivity contribution in [3.8, 4) is 11.8 Å². The molecule has 7 heteroatoms. The van der Waals surface area contributed by atoms with Gasteiger partial charge in [-0.25, -0.2) is 4.79 Å². The third-order valence-electron chi connectivity index (χ3n) is 3.59. The van der Waals surface area contributed by atoms with Crippen molar-refractivity contribution in [2.24, 2.45) is 5.92 Å². The lowest BCUT2D eigenvalue weighted by Crippen LogP contribution is -2.33. The lowest BCUT2D eigenvalue weighted by molar-refractivity contribution is 0.249. The molecule has 1 heterocycles. The molecule has 2 N–H and O–H groups in total. The van der Waals surface area contributed by atoms with Gasteiger partial charge in [0.05, 0.1) is 5.69 Å².